The normalized spacial score (nSPS) is 11.6. The predicted octanol–water partition coefficient (Wildman–Crippen LogP) is 7.83. The predicted molar refractivity (Wildman–Crippen MR) is 146 cm³/mol. The summed E-state index contributed by atoms with van der Waals surface area (Å²) in [6.07, 6.45) is 11.2. The van der Waals surface area contributed by atoms with Crippen LogP contribution in [0.3, 0.4) is 0 Å². The molecular formula is C27H33N5OS. The molecule has 0 radical (unpaired) electrons. The molecule has 0 aliphatic rings. The average molecular weight is 476 g/mol. The van der Waals surface area contributed by atoms with Crippen molar-refractivity contribution in [3.05, 3.63) is 89.2 Å². The summed E-state index contributed by atoms with van der Waals surface area (Å²) >= 11 is 1.52. The molecule has 0 saturated heterocycles. The van der Waals surface area contributed by atoms with Gasteiger partial charge >= 0.3 is 6.03 Å². The van der Waals surface area contributed by atoms with E-state index < -0.39 is 0 Å². The van der Waals surface area contributed by atoms with Crippen LogP contribution >= 0.6 is 11.3 Å². The lowest BCUT2D eigenvalue weighted by Crippen LogP contribution is -2.28. The first-order valence-electron chi connectivity index (χ1n) is 11.3. The van der Waals surface area contributed by atoms with Gasteiger partial charge in [-0.25, -0.2) is 9.78 Å². The number of aromatic nitrogens is 2. The summed E-state index contributed by atoms with van der Waals surface area (Å²) in [7, 11) is 0. The van der Waals surface area contributed by atoms with Gasteiger partial charge in [-0.3, -0.25) is 4.98 Å². The molecule has 0 spiro atoms. The molecule has 2 heterocycles. The van der Waals surface area contributed by atoms with E-state index >= 15 is 0 Å². The molecule has 0 aliphatic heterocycles. The number of anilines is 3. The highest BCUT2D eigenvalue weighted by Crippen LogP contribution is 2.29. The maximum atomic E-state index is 12.5. The van der Waals surface area contributed by atoms with Gasteiger partial charge in [0, 0.05) is 40.4 Å². The van der Waals surface area contributed by atoms with Crippen molar-refractivity contribution in [3.8, 4) is 11.3 Å². The molecule has 2 aromatic heterocycles. The summed E-state index contributed by atoms with van der Waals surface area (Å²) in [4.78, 5) is 21.3. The third kappa shape index (κ3) is 7.71. The number of pyridine rings is 1. The Morgan fingerprint density at radius 1 is 1.15 bits per heavy atom. The number of thiazole rings is 1. The maximum absolute atomic E-state index is 12.5. The minimum atomic E-state index is -0.297. The molecule has 3 rings (SSSR count). The zero-order valence-electron chi connectivity index (χ0n) is 20.6. The van der Waals surface area contributed by atoms with Crippen molar-refractivity contribution in [2.45, 2.75) is 41.5 Å². The summed E-state index contributed by atoms with van der Waals surface area (Å²) in [5, 5.41) is 11.9. The van der Waals surface area contributed by atoms with Crippen LogP contribution in [0.25, 0.3) is 11.3 Å². The highest BCUT2D eigenvalue weighted by atomic mass is 32.1. The first kappa shape index (κ1) is 26.5. The molecule has 7 heteroatoms. The summed E-state index contributed by atoms with van der Waals surface area (Å²) < 4.78 is 0. The van der Waals surface area contributed by atoms with Crippen LogP contribution in [0.2, 0.25) is 0 Å². The fourth-order valence-electron chi connectivity index (χ4n) is 2.94. The first-order chi connectivity index (χ1) is 16.5. The van der Waals surface area contributed by atoms with Crippen molar-refractivity contribution in [3.63, 3.8) is 0 Å². The monoisotopic (exact) mass is 475 g/mol. The number of hydrogen-bond donors (Lipinski definition) is 3. The van der Waals surface area contributed by atoms with E-state index in [9.17, 15) is 4.79 Å². The van der Waals surface area contributed by atoms with Crippen molar-refractivity contribution in [1.29, 1.82) is 0 Å². The van der Waals surface area contributed by atoms with Crippen LogP contribution in [-0.2, 0) is 0 Å². The van der Waals surface area contributed by atoms with Crippen LogP contribution in [0.5, 0.6) is 0 Å². The first-order valence-corrected chi connectivity index (χ1v) is 12.2. The molecule has 0 atom stereocenters. The molecule has 178 valence electrons. The third-order valence-electron chi connectivity index (χ3n) is 4.70. The number of nitrogens with zero attached hydrogens (tertiary/aromatic N) is 2. The van der Waals surface area contributed by atoms with Gasteiger partial charge in [0.1, 0.15) is 0 Å². The van der Waals surface area contributed by atoms with Crippen LogP contribution in [0, 0.1) is 6.92 Å². The van der Waals surface area contributed by atoms with Gasteiger partial charge in [0.2, 0.25) is 0 Å². The summed E-state index contributed by atoms with van der Waals surface area (Å²) in [5.41, 5.74) is 6.19. The van der Waals surface area contributed by atoms with Gasteiger partial charge in [0.15, 0.2) is 5.13 Å². The number of benzene rings is 1. The molecule has 1 aromatic carbocycles. The number of amides is 2. The standard InChI is InChI=1S/C25H27N5OS.C2H6/c1-5-7-9-17(3)21(6-2)28-24(31)27-20-12-11-18(4)22(14-20)29-25-30-23(16-32-25)19-10-8-13-26-15-19;1-2/h5-16H,1-4H3,(H,29,30)(H2,27,28,31);1-2H3/b7-5-,17-9-,21-6+;. The number of rotatable bonds is 7. The van der Waals surface area contributed by atoms with E-state index in [1.807, 2.05) is 102 Å². The molecule has 0 aliphatic carbocycles. The number of hydrogen-bond acceptors (Lipinski definition) is 5. The molecule has 34 heavy (non-hydrogen) atoms. The fraction of sp³-hybridized carbons (Fsp3) is 0.222. The minimum absolute atomic E-state index is 0.297. The molecule has 2 amide bonds. The number of carbonyl (C=O) groups excluding carboxylic acids is 1. The van der Waals surface area contributed by atoms with Crippen LogP contribution in [-0.4, -0.2) is 16.0 Å². The number of urea groups is 1. The van der Waals surface area contributed by atoms with Crippen LogP contribution in [0.1, 0.15) is 40.2 Å². The number of aryl methyl sites for hydroxylation is 1. The van der Waals surface area contributed by atoms with E-state index in [1.54, 1.807) is 12.4 Å². The van der Waals surface area contributed by atoms with Gasteiger partial charge in [-0.1, -0.05) is 44.2 Å². The van der Waals surface area contributed by atoms with Gasteiger partial charge in [-0.05, 0) is 63.1 Å². The van der Waals surface area contributed by atoms with Crippen molar-refractivity contribution in [1.82, 2.24) is 15.3 Å². The van der Waals surface area contributed by atoms with Gasteiger partial charge in [0.25, 0.3) is 0 Å². The molecule has 3 N–H and O–H groups in total. The summed E-state index contributed by atoms with van der Waals surface area (Å²) in [6, 6.07) is 9.31. The van der Waals surface area contributed by atoms with Gasteiger partial charge in [-0.2, -0.15) is 0 Å². The lowest BCUT2D eigenvalue weighted by atomic mass is 10.2. The molecule has 6 nitrogen and oxygen atoms in total. The molecule has 0 saturated carbocycles. The Balaban J connectivity index is 0.00000199. The Morgan fingerprint density at radius 2 is 1.94 bits per heavy atom. The SMILES string of the molecule is CC.C\C=C/C=C(C)\C(=C/C)NC(=O)Nc1ccc(C)c(Nc2nc(-c3cccnc3)cs2)c1. The van der Waals surface area contributed by atoms with Gasteiger partial charge in [-0.15, -0.1) is 11.3 Å². The second-order valence-electron chi connectivity index (χ2n) is 7.09. The molecule has 0 bridgehead atoms. The van der Waals surface area contributed by atoms with E-state index in [1.165, 1.54) is 11.3 Å². The lowest BCUT2D eigenvalue weighted by molar-refractivity contribution is 0.254. The number of carbonyl (C=O) groups is 1. The topological polar surface area (TPSA) is 78.9 Å². The second-order valence-corrected chi connectivity index (χ2v) is 7.95. The smallest absolute Gasteiger partial charge is 0.323 e. The second kappa shape index (κ2) is 13.7. The largest absolute Gasteiger partial charge is 0.331 e. The van der Waals surface area contributed by atoms with E-state index in [2.05, 4.69) is 25.9 Å². The Morgan fingerprint density at radius 3 is 2.62 bits per heavy atom. The quantitative estimate of drug-likeness (QED) is 0.304. The number of nitrogens with one attached hydrogen (secondary N) is 3. The zero-order chi connectivity index (χ0) is 24.9. The van der Waals surface area contributed by atoms with Crippen LogP contribution < -0.4 is 16.0 Å². The van der Waals surface area contributed by atoms with Gasteiger partial charge in [0.05, 0.1) is 5.69 Å². The van der Waals surface area contributed by atoms with Gasteiger partial charge < -0.3 is 16.0 Å². The summed E-state index contributed by atoms with van der Waals surface area (Å²) in [6.45, 7) is 11.8. The Labute approximate surface area is 206 Å². The minimum Gasteiger partial charge on any atom is -0.331 e. The Hall–Kier alpha value is -3.71. The van der Waals surface area contributed by atoms with Crippen molar-refractivity contribution in [2.24, 2.45) is 0 Å². The third-order valence-corrected chi connectivity index (χ3v) is 5.46. The molecule has 0 fully saturated rings. The van der Waals surface area contributed by atoms with Crippen molar-refractivity contribution >= 4 is 33.9 Å². The summed E-state index contributed by atoms with van der Waals surface area (Å²) in [5.74, 6) is 0. The highest BCUT2D eigenvalue weighted by molar-refractivity contribution is 7.14. The molecular weight excluding hydrogens is 442 g/mol. The maximum Gasteiger partial charge on any atom is 0.323 e. The Bertz CT molecular complexity index is 1160. The lowest BCUT2D eigenvalue weighted by Gasteiger charge is -2.13. The fourth-order valence-corrected chi connectivity index (χ4v) is 3.67. The van der Waals surface area contributed by atoms with E-state index in [4.69, 9.17) is 0 Å². The highest BCUT2D eigenvalue weighted by Gasteiger charge is 2.10. The Kier molecular flexibility index (Phi) is 10.7. The van der Waals surface area contributed by atoms with Crippen molar-refractivity contribution < 1.29 is 4.79 Å². The van der Waals surface area contributed by atoms with E-state index in [0.29, 0.717) is 5.69 Å². The van der Waals surface area contributed by atoms with E-state index in [-0.39, 0.29) is 6.03 Å². The van der Waals surface area contributed by atoms with E-state index in [0.717, 1.165) is 38.9 Å². The number of allylic oxidation sites excluding steroid dienone is 5. The van der Waals surface area contributed by atoms with Crippen LogP contribution in [0.15, 0.2) is 83.7 Å². The molecule has 3 aromatic rings. The average Bonchev–Trinajstić information content (AvgIpc) is 3.33. The molecule has 0 unspecified atom stereocenters. The van der Waals surface area contributed by atoms with Crippen molar-refractivity contribution in [2.75, 3.05) is 10.6 Å². The zero-order valence-corrected chi connectivity index (χ0v) is 21.5. The van der Waals surface area contributed by atoms with Crippen LogP contribution in [0.4, 0.5) is 21.3 Å².